The maximum Gasteiger partial charge on any atom is 0.410 e. The molecule has 0 spiro atoms. The number of carbonyl (C=O) groups excluding carboxylic acids is 2. The summed E-state index contributed by atoms with van der Waals surface area (Å²) < 4.78 is 5.27. The van der Waals surface area contributed by atoms with Gasteiger partial charge in [0.25, 0.3) is 0 Å². The summed E-state index contributed by atoms with van der Waals surface area (Å²) >= 11 is 4.37. The Labute approximate surface area is 140 Å². The number of amides is 2. The molecule has 1 aliphatic heterocycles. The molecule has 1 fully saturated rings. The first kappa shape index (κ1) is 17.3. The molecule has 1 heterocycles. The molecule has 8 heteroatoms. The van der Waals surface area contributed by atoms with E-state index in [1.54, 1.807) is 38.4 Å². The molecule has 124 valence electrons. The van der Waals surface area contributed by atoms with Gasteiger partial charge < -0.3 is 9.64 Å². The Bertz CT molecular complexity index is 591. The minimum atomic E-state index is -0.542. The van der Waals surface area contributed by atoms with Gasteiger partial charge in [0.1, 0.15) is 18.3 Å². The number of likely N-dealkylation sites (tertiary alicyclic amines) is 1. The highest BCUT2D eigenvalue weighted by Crippen LogP contribution is 2.24. The van der Waals surface area contributed by atoms with Crippen LogP contribution in [0.1, 0.15) is 12.0 Å². The monoisotopic (exact) mass is 337 g/mol. The maximum atomic E-state index is 12.3. The molecule has 0 unspecified atom stereocenters. The van der Waals surface area contributed by atoms with Crippen molar-refractivity contribution >= 4 is 30.3 Å². The maximum absolute atomic E-state index is 12.3. The van der Waals surface area contributed by atoms with E-state index in [4.69, 9.17) is 4.74 Å². The first-order valence-electron chi connectivity index (χ1n) is 7.17. The number of thiol groups is 1. The highest BCUT2D eigenvalue weighted by Gasteiger charge is 2.39. The van der Waals surface area contributed by atoms with Crippen LogP contribution in [0.4, 0.5) is 10.5 Å². The molecule has 0 aromatic heterocycles. The molecule has 23 heavy (non-hydrogen) atoms. The molecule has 0 radical (unpaired) electrons. The zero-order valence-electron chi connectivity index (χ0n) is 13.0. The lowest BCUT2D eigenvalue weighted by Gasteiger charge is -2.25. The van der Waals surface area contributed by atoms with Crippen molar-refractivity contribution in [2.45, 2.75) is 24.3 Å². The summed E-state index contributed by atoms with van der Waals surface area (Å²) in [6.07, 6.45) is -0.0334. The Morgan fingerprint density at radius 2 is 2.00 bits per heavy atom. The van der Waals surface area contributed by atoms with Crippen LogP contribution in [0, 0.1) is 4.91 Å². The molecular weight excluding hydrogens is 318 g/mol. The van der Waals surface area contributed by atoms with Crippen molar-refractivity contribution in [2.75, 3.05) is 20.6 Å². The quantitative estimate of drug-likeness (QED) is 0.675. The van der Waals surface area contributed by atoms with E-state index >= 15 is 0 Å². The number of rotatable bonds is 4. The number of ether oxygens (including phenoxy) is 1. The zero-order valence-corrected chi connectivity index (χ0v) is 13.9. The van der Waals surface area contributed by atoms with Gasteiger partial charge in [-0.05, 0) is 29.3 Å². The molecular formula is C15H19N3O4S. The fourth-order valence-electron chi connectivity index (χ4n) is 2.43. The highest BCUT2D eigenvalue weighted by atomic mass is 32.1. The van der Waals surface area contributed by atoms with Crippen molar-refractivity contribution in [2.24, 2.45) is 5.18 Å². The van der Waals surface area contributed by atoms with Crippen LogP contribution in [-0.4, -0.2) is 53.7 Å². The van der Waals surface area contributed by atoms with Crippen LogP contribution in [0.15, 0.2) is 29.4 Å². The van der Waals surface area contributed by atoms with Gasteiger partial charge in [0.05, 0.1) is 0 Å². The summed E-state index contributed by atoms with van der Waals surface area (Å²) in [5.41, 5.74) is 1.05. The second kappa shape index (κ2) is 7.45. The SMILES string of the molecule is CN(C)C(=O)[C@@H]1C[C@H](S)CN1C(=O)OCc1ccc(N=O)cc1. The van der Waals surface area contributed by atoms with E-state index in [9.17, 15) is 14.5 Å². The first-order valence-corrected chi connectivity index (χ1v) is 7.69. The van der Waals surface area contributed by atoms with Crippen molar-refractivity contribution < 1.29 is 14.3 Å². The summed E-state index contributed by atoms with van der Waals surface area (Å²) in [5.74, 6) is -0.139. The smallest absolute Gasteiger partial charge is 0.410 e. The van der Waals surface area contributed by atoms with Crippen molar-refractivity contribution in [3.63, 3.8) is 0 Å². The second-order valence-corrected chi connectivity index (χ2v) is 6.33. The van der Waals surface area contributed by atoms with Crippen LogP contribution < -0.4 is 0 Å². The lowest BCUT2D eigenvalue weighted by Crippen LogP contribution is -2.45. The third-order valence-electron chi connectivity index (χ3n) is 3.64. The average Bonchev–Trinajstić information content (AvgIpc) is 2.94. The van der Waals surface area contributed by atoms with E-state index in [1.165, 1.54) is 9.80 Å². The van der Waals surface area contributed by atoms with E-state index in [0.29, 0.717) is 18.7 Å². The predicted molar refractivity (Wildman–Crippen MR) is 88.7 cm³/mol. The Hall–Kier alpha value is -2.09. The number of hydrogen-bond acceptors (Lipinski definition) is 6. The summed E-state index contributed by atoms with van der Waals surface area (Å²) in [4.78, 5) is 37.6. The molecule has 1 aromatic carbocycles. The number of hydrogen-bond donors (Lipinski definition) is 1. The fourth-order valence-corrected chi connectivity index (χ4v) is 2.80. The normalized spacial score (nSPS) is 20.2. The molecule has 1 aliphatic rings. The standard InChI is InChI=1S/C15H19N3O4S/c1-17(2)14(19)13-7-12(23)8-18(13)15(20)22-9-10-3-5-11(16-21)6-4-10/h3-6,12-13,23H,7-9H2,1-2H3/t12-,13-/m0/s1. The number of carbonyl (C=O) groups is 2. The molecule has 1 aromatic rings. The summed E-state index contributed by atoms with van der Waals surface area (Å²) in [6.45, 7) is 0.439. The lowest BCUT2D eigenvalue weighted by molar-refractivity contribution is -0.133. The van der Waals surface area contributed by atoms with Crippen LogP contribution in [-0.2, 0) is 16.1 Å². The van der Waals surface area contributed by atoms with Gasteiger partial charge in [0.15, 0.2) is 0 Å². The van der Waals surface area contributed by atoms with E-state index in [-0.39, 0.29) is 17.8 Å². The van der Waals surface area contributed by atoms with Gasteiger partial charge in [0.2, 0.25) is 5.91 Å². The van der Waals surface area contributed by atoms with Crippen molar-refractivity contribution in [3.05, 3.63) is 34.7 Å². The van der Waals surface area contributed by atoms with Crippen molar-refractivity contribution in [1.82, 2.24) is 9.80 Å². The Balaban J connectivity index is 1.97. The van der Waals surface area contributed by atoms with Gasteiger partial charge in [-0.2, -0.15) is 12.6 Å². The molecule has 0 bridgehead atoms. The molecule has 0 saturated carbocycles. The Morgan fingerprint density at radius 1 is 1.35 bits per heavy atom. The molecule has 7 nitrogen and oxygen atoms in total. The zero-order chi connectivity index (χ0) is 17.0. The van der Waals surface area contributed by atoms with Crippen molar-refractivity contribution in [3.8, 4) is 0 Å². The van der Waals surface area contributed by atoms with Gasteiger partial charge in [-0.15, -0.1) is 4.91 Å². The van der Waals surface area contributed by atoms with E-state index in [2.05, 4.69) is 17.8 Å². The van der Waals surface area contributed by atoms with E-state index in [0.717, 1.165) is 5.56 Å². The van der Waals surface area contributed by atoms with Crippen LogP contribution >= 0.6 is 12.6 Å². The third-order valence-corrected chi connectivity index (χ3v) is 4.02. The minimum Gasteiger partial charge on any atom is -0.445 e. The molecule has 2 rings (SSSR count). The number of likely N-dealkylation sites (N-methyl/N-ethyl adjacent to an activating group) is 1. The highest BCUT2D eigenvalue weighted by molar-refractivity contribution is 7.81. The van der Waals surface area contributed by atoms with Crippen LogP contribution in [0.25, 0.3) is 0 Å². The van der Waals surface area contributed by atoms with Crippen LogP contribution in [0.2, 0.25) is 0 Å². The number of benzene rings is 1. The average molecular weight is 337 g/mol. The second-order valence-electron chi connectivity index (χ2n) is 5.60. The van der Waals surface area contributed by atoms with Gasteiger partial charge in [-0.1, -0.05) is 12.1 Å². The molecule has 1 saturated heterocycles. The fraction of sp³-hybridized carbons (Fsp3) is 0.467. The van der Waals surface area contributed by atoms with Crippen molar-refractivity contribution in [1.29, 1.82) is 0 Å². The topological polar surface area (TPSA) is 79.3 Å². The van der Waals surface area contributed by atoms with Crippen LogP contribution in [0.5, 0.6) is 0 Å². The molecule has 0 N–H and O–H groups in total. The van der Waals surface area contributed by atoms with E-state index < -0.39 is 12.1 Å². The van der Waals surface area contributed by atoms with Crippen LogP contribution in [0.3, 0.4) is 0 Å². The minimum absolute atomic E-state index is 0.0469. The summed E-state index contributed by atoms with van der Waals surface area (Å²) in [7, 11) is 3.31. The molecule has 2 amide bonds. The predicted octanol–water partition coefficient (Wildman–Crippen LogP) is 2.18. The number of nitroso groups, excluding NO2 is 1. The molecule has 2 atom stereocenters. The summed E-state index contributed by atoms with van der Waals surface area (Å²) in [5, 5.41) is 2.76. The third kappa shape index (κ3) is 4.22. The molecule has 0 aliphatic carbocycles. The Kier molecular flexibility index (Phi) is 5.59. The van der Waals surface area contributed by atoms with Gasteiger partial charge >= 0.3 is 6.09 Å². The Morgan fingerprint density at radius 3 is 2.57 bits per heavy atom. The van der Waals surface area contributed by atoms with Gasteiger partial charge in [0, 0.05) is 25.9 Å². The number of nitrogens with zero attached hydrogens (tertiary/aromatic N) is 3. The lowest BCUT2D eigenvalue weighted by atomic mass is 10.2. The van der Waals surface area contributed by atoms with E-state index in [1.807, 2.05) is 0 Å². The van der Waals surface area contributed by atoms with Gasteiger partial charge in [-0.25, -0.2) is 4.79 Å². The summed E-state index contributed by atoms with van der Waals surface area (Å²) in [6, 6.07) is 5.89. The largest absolute Gasteiger partial charge is 0.445 e. The first-order chi connectivity index (χ1) is 10.9. The van der Waals surface area contributed by atoms with Gasteiger partial charge in [-0.3, -0.25) is 9.69 Å².